The van der Waals surface area contributed by atoms with Crippen molar-refractivity contribution in [1.29, 1.82) is 0 Å². The molecule has 0 aliphatic carbocycles. The molecule has 1 heterocycles. The Morgan fingerprint density at radius 2 is 2.50 bits per heavy atom. The van der Waals surface area contributed by atoms with Crippen molar-refractivity contribution >= 4 is 0 Å². The molecule has 2 heteroatoms. The van der Waals surface area contributed by atoms with Gasteiger partial charge in [0.25, 0.3) is 0 Å². The Bertz CT molecular complexity index is 128. The minimum Gasteiger partial charge on any atom is -0.313 e. The van der Waals surface area contributed by atoms with E-state index in [9.17, 15) is 0 Å². The van der Waals surface area contributed by atoms with Crippen LogP contribution in [0.3, 0.4) is 0 Å². The van der Waals surface area contributed by atoms with Gasteiger partial charge in [-0.2, -0.15) is 0 Å². The second kappa shape index (κ2) is 5.33. The number of hydrogen-bond donors (Lipinski definition) is 1. The van der Waals surface area contributed by atoms with Gasteiger partial charge in [-0.3, -0.25) is 0 Å². The maximum absolute atomic E-state index is 3.72. The Morgan fingerprint density at radius 3 is 3.08 bits per heavy atom. The van der Waals surface area contributed by atoms with Crippen molar-refractivity contribution < 1.29 is 0 Å². The summed E-state index contributed by atoms with van der Waals surface area (Å²) in [6.07, 6.45) is 5.78. The Hall–Kier alpha value is -0.340. The van der Waals surface area contributed by atoms with Gasteiger partial charge < -0.3 is 10.2 Å². The molecule has 2 nitrogen and oxygen atoms in total. The Labute approximate surface area is 75.6 Å². The fourth-order valence-electron chi connectivity index (χ4n) is 1.69. The van der Waals surface area contributed by atoms with Crippen molar-refractivity contribution in [2.45, 2.75) is 25.3 Å². The summed E-state index contributed by atoms with van der Waals surface area (Å²) >= 11 is 0. The van der Waals surface area contributed by atoms with Crippen molar-refractivity contribution in [1.82, 2.24) is 10.2 Å². The molecule has 1 aliphatic heterocycles. The monoisotopic (exact) mass is 168 g/mol. The molecule has 1 aliphatic rings. The van der Waals surface area contributed by atoms with Gasteiger partial charge in [-0.15, -0.1) is 6.58 Å². The molecule has 70 valence electrons. The van der Waals surface area contributed by atoms with Crippen LogP contribution in [-0.2, 0) is 0 Å². The van der Waals surface area contributed by atoms with Crippen molar-refractivity contribution in [3.8, 4) is 0 Å². The summed E-state index contributed by atoms with van der Waals surface area (Å²) in [5.74, 6) is 0. The van der Waals surface area contributed by atoms with Crippen LogP contribution in [-0.4, -0.2) is 37.6 Å². The van der Waals surface area contributed by atoms with Crippen molar-refractivity contribution in [3.05, 3.63) is 12.7 Å². The molecular formula is C10H20N2. The topological polar surface area (TPSA) is 15.3 Å². The van der Waals surface area contributed by atoms with Gasteiger partial charge >= 0.3 is 0 Å². The van der Waals surface area contributed by atoms with Crippen LogP contribution in [0.25, 0.3) is 0 Å². The largest absolute Gasteiger partial charge is 0.313 e. The molecule has 0 aromatic carbocycles. The third-order valence-electron chi connectivity index (χ3n) is 2.41. The molecule has 12 heavy (non-hydrogen) atoms. The predicted molar refractivity (Wildman–Crippen MR) is 53.3 cm³/mol. The fraction of sp³-hybridized carbons (Fsp3) is 0.800. The maximum atomic E-state index is 3.72. The highest BCUT2D eigenvalue weighted by Gasteiger charge is 2.14. The molecular weight excluding hydrogens is 148 g/mol. The van der Waals surface area contributed by atoms with Crippen LogP contribution < -0.4 is 5.32 Å². The van der Waals surface area contributed by atoms with Crippen LogP contribution >= 0.6 is 0 Å². The Morgan fingerprint density at radius 1 is 1.67 bits per heavy atom. The lowest BCUT2D eigenvalue weighted by molar-refractivity contribution is 0.305. The number of nitrogens with one attached hydrogen (secondary N) is 1. The van der Waals surface area contributed by atoms with E-state index in [1.54, 1.807) is 0 Å². The van der Waals surface area contributed by atoms with Gasteiger partial charge in [0.1, 0.15) is 0 Å². The van der Waals surface area contributed by atoms with Gasteiger partial charge in [-0.1, -0.05) is 6.08 Å². The molecule has 0 amide bonds. The lowest BCUT2D eigenvalue weighted by Gasteiger charge is -2.20. The van der Waals surface area contributed by atoms with Gasteiger partial charge in [0, 0.05) is 19.1 Å². The summed E-state index contributed by atoms with van der Waals surface area (Å²) in [5, 5.41) is 3.50. The van der Waals surface area contributed by atoms with Crippen LogP contribution in [0.4, 0.5) is 0 Å². The molecule has 0 aromatic rings. The molecule has 0 saturated carbocycles. The zero-order valence-electron chi connectivity index (χ0n) is 8.05. The predicted octanol–water partition coefficient (Wildman–Crippen LogP) is 1.25. The summed E-state index contributed by atoms with van der Waals surface area (Å²) in [6.45, 7) is 7.26. The maximum Gasteiger partial charge on any atom is 0.0195 e. The van der Waals surface area contributed by atoms with Crippen LogP contribution in [0.2, 0.25) is 0 Å². The Kier molecular flexibility index (Phi) is 4.33. The van der Waals surface area contributed by atoms with E-state index < -0.39 is 0 Å². The van der Waals surface area contributed by atoms with E-state index >= 15 is 0 Å². The third kappa shape index (κ3) is 3.37. The summed E-state index contributed by atoms with van der Waals surface area (Å²) < 4.78 is 0. The molecule has 1 fully saturated rings. The van der Waals surface area contributed by atoms with Crippen molar-refractivity contribution in [2.24, 2.45) is 0 Å². The average Bonchev–Trinajstić information content (AvgIpc) is 2.53. The number of rotatable bonds is 5. The molecule has 0 bridgehead atoms. The molecule has 1 atom stereocenters. The molecule has 0 aromatic heterocycles. The zero-order valence-corrected chi connectivity index (χ0v) is 8.05. The fourth-order valence-corrected chi connectivity index (χ4v) is 1.69. The van der Waals surface area contributed by atoms with E-state index in [2.05, 4.69) is 23.8 Å². The van der Waals surface area contributed by atoms with Crippen LogP contribution in [0.15, 0.2) is 12.7 Å². The van der Waals surface area contributed by atoms with E-state index in [1.165, 1.54) is 25.9 Å². The van der Waals surface area contributed by atoms with E-state index in [1.807, 2.05) is 6.08 Å². The lowest BCUT2D eigenvalue weighted by atomic mass is 10.2. The van der Waals surface area contributed by atoms with Crippen LogP contribution in [0.1, 0.15) is 19.3 Å². The summed E-state index contributed by atoms with van der Waals surface area (Å²) in [7, 11) is 2.18. The first-order valence-electron chi connectivity index (χ1n) is 4.85. The lowest BCUT2D eigenvalue weighted by Crippen LogP contribution is -2.35. The normalized spacial score (nSPS) is 23.3. The first-order valence-corrected chi connectivity index (χ1v) is 4.85. The first kappa shape index (κ1) is 9.75. The minimum atomic E-state index is 0.736. The standard InChI is InChI=1S/C10H20N2/c1-3-4-8-12(2)9-10-6-5-7-11-10/h3,10-11H,1,4-9H2,2H3. The highest BCUT2D eigenvalue weighted by Crippen LogP contribution is 2.05. The molecule has 1 saturated heterocycles. The molecule has 1 rings (SSSR count). The Balaban J connectivity index is 2.07. The summed E-state index contributed by atoms with van der Waals surface area (Å²) in [6, 6.07) is 0.736. The zero-order chi connectivity index (χ0) is 8.81. The van der Waals surface area contributed by atoms with Crippen molar-refractivity contribution in [2.75, 3.05) is 26.7 Å². The van der Waals surface area contributed by atoms with E-state index in [-0.39, 0.29) is 0 Å². The van der Waals surface area contributed by atoms with E-state index in [0.29, 0.717) is 0 Å². The molecule has 1 unspecified atom stereocenters. The first-order chi connectivity index (χ1) is 5.83. The number of nitrogens with zero attached hydrogens (tertiary/aromatic N) is 1. The quantitative estimate of drug-likeness (QED) is 0.621. The van der Waals surface area contributed by atoms with Gasteiger partial charge in [0.2, 0.25) is 0 Å². The smallest absolute Gasteiger partial charge is 0.0195 e. The van der Waals surface area contributed by atoms with Gasteiger partial charge in [-0.25, -0.2) is 0 Å². The number of likely N-dealkylation sites (N-methyl/N-ethyl adjacent to an activating group) is 1. The number of hydrogen-bond acceptors (Lipinski definition) is 2. The van der Waals surface area contributed by atoms with Crippen LogP contribution in [0.5, 0.6) is 0 Å². The van der Waals surface area contributed by atoms with Crippen LogP contribution in [0, 0.1) is 0 Å². The third-order valence-corrected chi connectivity index (χ3v) is 2.41. The highest BCUT2D eigenvalue weighted by molar-refractivity contribution is 4.77. The minimum absolute atomic E-state index is 0.736. The SMILES string of the molecule is C=CCCN(C)CC1CCCN1. The highest BCUT2D eigenvalue weighted by atomic mass is 15.1. The summed E-state index contributed by atoms with van der Waals surface area (Å²) in [4.78, 5) is 2.38. The van der Waals surface area contributed by atoms with Crippen molar-refractivity contribution in [3.63, 3.8) is 0 Å². The second-order valence-corrected chi connectivity index (χ2v) is 3.63. The summed E-state index contributed by atoms with van der Waals surface area (Å²) in [5.41, 5.74) is 0. The van der Waals surface area contributed by atoms with Gasteiger partial charge in [0.05, 0.1) is 0 Å². The average molecular weight is 168 g/mol. The second-order valence-electron chi connectivity index (χ2n) is 3.63. The van der Waals surface area contributed by atoms with Gasteiger partial charge in [0.15, 0.2) is 0 Å². The van der Waals surface area contributed by atoms with E-state index in [4.69, 9.17) is 0 Å². The molecule has 1 N–H and O–H groups in total. The molecule has 0 spiro atoms. The molecule has 0 radical (unpaired) electrons. The van der Waals surface area contributed by atoms with E-state index in [0.717, 1.165) is 19.0 Å². The van der Waals surface area contributed by atoms with Gasteiger partial charge in [-0.05, 0) is 32.9 Å².